The number of amides is 2. The molecule has 3 aliphatic heterocycles. The third kappa shape index (κ3) is 6.19. The van der Waals surface area contributed by atoms with Crippen LogP contribution >= 0.6 is 22.9 Å². The molecule has 46 heavy (non-hydrogen) atoms. The smallest absolute Gasteiger partial charge is 0.338 e. The lowest BCUT2D eigenvalue weighted by molar-refractivity contribution is -0.137. The largest absolute Gasteiger partial charge is 0.481 e. The first-order valence-electron chi connectivity index (χ1n) is 14.4. The number of thiazole rings is 1. The van der Waals surface area contributed by atoms with Gasteiger partial charge in [0.15, 0.2) is 10.8 Å². The van der Waals surface area contributed by atoms with E-state index in [1.54, 1.807) is 28.6 Å². The number of carbonyl (C=O) groups is 3. The monoisotopic (exact) mass is 670 g/mol. The van der Waals surface area contributed by atoms with Gasteiger partial charge in [-0.3, -0.25) is 19.6 Å². The Morgan fingerprint density at radius 2 is 2.00 bits per heavy atom. The molecule has 3 aliphatic rings. The van der Waals surface area contributed by atoms with E-state index in [0.29, 0.717) is 54.0 Å². The zero-order valence-corrected chi connectivity index (χ0v) is 26.2. The molecule has 2 saturated heterocycles. The van der Waals surface area contributed by atoms with Gasteiger partial charge in [0.25, 0.3) is 0 Å². The van der Waals surface area contributed by atoms with E-state index in [0.717, 1.165) is 0 Å². The quantitative estimate of drug-likeness (QED) is 0.324. The average Bonchev–Trinajstić information content (AvgIpc) is 3.69. The van der Waals surface area contributed by atoms with E-state index in [2.05, 4.69) is 15.2 Å². The molecule has 6 rings (SSSR count). The number of aliphatic carboxylic acids is 1. The highest BCUT2D eigenvalue weighted by Gasteiger charge is 2.42. The van der Waals surface area contributed by atoms with Crippen LogP contribution in [0.3, 0.4) is 0 Å². The highest BCUT2D eigenvalue weighted by Crippen LogP contribution is 2.38. The molecule has 2 fully saturated rings. The number of hydrogen-bond acceptors (Lipinski definition) is 9. The number of piperazine rings is 1. The number of carboxylic acid groups (broad SMARTS) is 1. The molecule has 4 heterocycles. The maximum atomic E-state index is 14.8. The number of urea groups is 1. The number of amidine groups is 1. The summed E-state index contributed by atoms with van der Waals surface area (Å²) in [4.78, 5) is 52.0. The Hall–Kier alpha value is -4.40. The van der Waals surface area contributed by atoms with Gasteiger partial charge in [0.2, 0.25) is 0 Å². The molecular formula is C31H29ClF2N6O5S. The first kappa shape index (κ1) is 31.6. The van der Waals surface area contributed by atoms with Gasteiger partial charge in [-0.2, -0.15) is 0 Å². The zero-order chi connectivity index (χ0) is 32.5. The lowest BCUT2D eigenvalue weighted by Gasteiger charge is -2.38. The number of carbonyl (C=O) groups excluding carboxylic acids is 2. The maximum Gasteiger partial charge on any atom is 0.338 e. The van der Waals surface area contributed by atoms with Crippen LogP contribution in [0.1, 0.15) is 28.6 Å². The minimum absolute atomic E-state index is 0.0534. The SMILES string of the molecule is COC(=O)C1=C(CN2CCN3C(=O)N(c4ccc(CCC(=O)O)c(F)c4)C[C@@H]3C2)NC(c2nccs2)=N[C@H]1c1cccc(F)c1Cl. The van der Waals surface area contributed by atoms with E-state index in [-0.39, 0.29) is 47.6 Å². The molecule has 0 radical (unpaired) electrons. The van der Waals surface area contributed by atoms with Crippen LogP contribution in [-0.4, -0.2) is 89.6 Å². The van der Waals surface area contributed by atoms with Gasteiger partial charge < -0.3 is 20.1 Å². The predicted molar refractivity (Wildman–Crippen MR) is 167 cm³/mol. The molecule has 3 aromatic rings. The van der Waals surface area contributed by atoms with Crippen LogP contribution in [0.4, 0.5) is 19.3 Å². The topological polar surface area (TPSA) is 128 Å². The molecule has 2 atom stereocenters. The van der Waals surface area contributed by atoms with E-state index in [1.807, 2.05) is 0 Å². The highest BCUT2D eigenvalue weighted by molar-refractivity contribution is 7.11. The lowest BCUT2D eigenvalue weighted by Crippen LogP contribution is -2.53. The highest BCUT2D eigenvalue weighted by atomic mass is 35.5. The maximum absolute atomic E-state index is 14.8. The van der Waals surface area contributed by atoms with Crippen molar-refractivity contribution in [3.8, 4) is 0 Å². The van der Waals surface area contributed by atoms with E-state index < -0.39 is 29.6 Å². The number of ether oxygens (including phenoxy) is 1. The van der Waals surface area contributed by atoms with Crippen LogP contribution in [0.25, 0.3) is 0 Å². The molecule has 0 spiro atoms. The fourth-order valence-electron chi connectivity index (χ4n) is 5.98. The number of carboxylic acids is 1. The Kier molecular flexibility index (Phi) is 9.02. The van der Waals surface area contributed by atoms with Crippen LogP contribution in [0, 0.1) is 11.6 Å². The van der Waals surface area contributed by atoms with Crippen molar-refractivity contribution in [2.45, 2.75) is 24.9 Å². The molecule has 15 heteroatoms. The standard InChI is InChI=1S/C31H29ClF2N6O5S/c1-45-30(43)25-23(36-28(29-35-9-12-46-29)37-27(25)20-3-2-4-21(33)26(20)32)16-38-10-11-39-19(14-38)15-40(31(39)44)18-7-5-17(22(34)13-18)6-8-24(41)42/h2-5,7,9,12-13,19,27H,6,8,10-11,14-16H2,1H3,(H,36,37)(H,41,42)/t19-,27-/m0/s1. The predicted octanol–water partition coefficient (Wildman–Crippen LogP) is 4.24. The molecule has 0 aliphatic carbocycles. The summed E-state index contributed by atoms with van der Waals surface area (Å²) < 4.78 is 34.5. The Bertz CT molecular complexity index is 1750. The van der Waals surface area contributed by atoms with E-state index in [9.17, 15) is 23.2 Å². The fraction of sp³-hybridized carbons (Fsp3) is 0.323. The Morgan fingerprint density at radius 1 is 1.17 bits per heavy atom. The first-order chi connectivity index (χ1) is 22.1. The lowest BCUT2D eigenvalue weighted by atomic mass is 9.95. The van der Waals surface area contributed by atoms with Crippen molar-refractivity contribution in [1.82, 2.24) is 20.1 Å². The van der Waals surface area contributed by atoms with Gasteiger partial charge in [0, 0.05) is 67.7 Å². The molecule has 0 saturated carbocycles. The van der Waals surface area contributed by atoms with Crippen LogP contribution < -0.4 is 10.2 Å². The number of esters is 1. The minimum Gasteiger partial charge on any atom is -0.481 e. The van der Waals surface area contributed by atoms with E-state index in [1.165, 1.54) is 47.6 Å². The van der Waals surface area contributed by atoms with Crippen molar-refractivity contribution in [3.05, 3.63) is 92.0 Å². The molecule has 2 aromatic carbocycles. The summed E-state index contributed by atoms with van der Waals surface area (Å²) in [5.41, 5.74) is 1.64. The normalized spacial score (nSPS) is 20.0. The number of methoxy groups -OCH3 is 1. The molecule has 2 amide bonds. The number of nitrogens with zero attached hydrogens (tertiary/aromatic N) is 5. The van der Waals surface area contributed by atoms with Gasteiger partial charge in [-0.15, -0.1) is 11.3 Å². The molecular weight excluding hydrogens is 642 g/mol. The van der Waals surface area contributed by atoms with Crippen LogP contribution in [0.5, 0.6) is 0 Å². The van der Waals surface area contributed by atoms with Crippen LogP contribution in [0.2, 0.25) is 5.02 Å². The number of aliphatic imine (C=N–C) groups is 1. The molecule has 1 aromatic heterocycles. The molecule has 240 valence electrons. The summed E-state index contributed by atoms with van der Waals surface area (Å²) in [6.45, 7) is 1.90. The van der Waals surface area contributed by atoms with Crippen molar-refractivity contribution < 1.29 is 33.0 Å². The average molecular weight is 671 g/mol. The number of halogens is 3. The number of fused-ring (bicyclic) bond motifs is 1. The number of hydrogen-bond donors (Lipinski definition) is 2. The Labute approximate surface area is 271 Å². The van der Waals surface area contributed by atoms with Crippen molar-refractivity contribution in [1.29, 1.82) is 0 Å². The number of nitrogens with one attached hydrogen (secondary N) is 1. The zero-order valence-electron chi connectivity index (χ0n) is 24.6. The molecule has 11 nitrogen and oxygen atoms in total. The van der Waals surface area contributed by atoms with Crippen molar-refractivity contribution in [3.63, 3.8) is 0 Å². The minimum atomic E-state index is -1.02. The third-order valence-corrected chi connectivity index (χ3v) is 9.40. The van der Waals surface area contributed by atoms with Crippen molar-refractivity contribution >= 4 is 52.4 Å². The van der Waals surface area contributed by atoms with Gasteiger partial charge in [-0.1, -0.05) is 29.8 Å². The summed E-state index contributed by atoms with van der Waals surface area (Å²) in [5.74, 6) is -2.47. The number of rotatable bonds is 9. The van der Waals surface area contributed by atoms with E-state index >= 15 is 0 Å². The number of anilines is 1. The summed E-state index contributed by atoms with van der Waals surface area (Å²) in [6, 6.07) is 7.33. The number of aryl methyl sites for hydroxylation is 1. The van der Waals surface area contributed by atoms with Gasteiger partial charge >= 0.3 is 18.0 Å². The molecule has 0 bridgehead atoms. The van der Waals surface area contributed by atoms with Crippen LogP contribution in [0.15, 0.2) is 64.2 Å². The van der Waals surface area contributed by atoms with Crippen molar-refractivity contribution in [2.24, 2.45) is 4.99 Å². The summed E-state index contributed by atoms with van der Waals surface area (Å²) in [6.07, 6.45) is 1.49. The number of benzene rings is 2. The van der Waals surface area contributed by atoms with Gasteiger partial charge in [0.05, 0.1) is 23.7 Å². The first-order valence-corrected chi connectivity index (χ1v) is 15.7. The van der Waals surface area contributed by atoms with Gasteiger partial charge in [-0.25, -0.2) is 23.4 Å². The number of aromatic nitrogens is 1. The summed E-state index contributed by atoms with van der Waals surface area (Å²) in [5, 5.41) is 14.4. The van der Waals surface area contributed by atoms with Gasteiger partial charge in [0.1, 0.15) is 17.7 Å². The second-order valence-corrected chi connectivity index (χ2v) is 12.3. The molecule has 0 unspecified atom stereocenters. The Morgan fingerprint density at radius 3 is 2.72 bits per heavy atom. The second kappa shape index (κ2) is 13.1. The second-order valence-electron chi connectivity index (χ2n) is 11.0. The van der Waals surface area contributed by atoms with E-state index in [4.69, 9.17) is 26.4 Å². The molecule has 2 N–H and O–H groups in total. The van der Waals surface area contributed by atoms with Gasteiger partial charge in [-0.05, 0) is 30.2 Å². The summed E-state index contributed by atoms with van der Waals surface area (Å²) in [7, 11) is 1.26. The van der Waals surface area contributed by atoms with Crippen molar-refractivity contribution in [2.75, 3.05) is 44.7 Å². The Balaban J connectivity index is 1.25. The third-order valence-electron chi connectivity index (χ3n) is 8.22. The fourth-order valence-corrected chi connectivity index (χ4v) is 6.80. The summed E-state index contributed by atoms with van der Waals surface area (Å²) >= 11 is 7.73. The van der Waals surface area contributed by atoms with Crippen LogP contribution in [-0.2, 0) is 20.7 Å².